The molecule has 0 aliphatic heterocycles. The fourth-order valence-electron chi connectivity index (χ4n) is 1.65. The van der Waals surface area contributed by atoms with Crippen LogP contribution in [0.5, 0.6) is 0 Å². The maximum absolute atomic E-state index is 12.1. The van der Waals surface area contributed by atoms with Crippen molar-refractivity contribution >= 4 is 11.7 Å². The molecule has 1 aromatic heterocycles. The van der Waals surface area contributed by atoms with Crippen molar-refractivity contribution in [2.24, 2.45) is 5.92 Å². The van der Waals surface area contributed by atoms with Crippen molar-refractivity contribution in [2.45, 2.75) is 33.6 Å². The molecule has 4 heteroatoms. The summed E-state index contributed by atoms with van der Waals surface area (Å²) in [6.45, 7) is 8.11. The normalized spacial score (nSPS) is 10.6. The van der Waals surface area contributed by atoms with Crippen LogP contribution in [0, 0.1) is 5.92 Å². The van der Waals surface area contributed by atoms with Gasteiger partial charge in [-0.15, -0.1) is 0 Å². The van der Waals surface area contributed by atoms with Crippen LogP contribution in [0.1, 0.15) is 44.0 Å². The van der Waals surface area contributed by atoms with Gasteiger partial charge in [-0.25, -0.2) is 4.98 Å². The second-order valence-corrected chi connectivity index (χ2v) is 5.27. The Bertz CT molecular complexity index is 387. The van der Waals surface area contributed by atoms with E-state index in [0.29, 0.717) is 11.5 Å². The molecule has 1 rings (SSSR count). The molecule has 0 fully saturated rings. The number of pyridine rings is 1. The maximum atomic E-state index is 12.1. The van der Waals surface area contributed by atoms with Crippen LogP contribution in [0.2, 0.25) is 0 Å². The summed E-state index contributed by atoms with van der Waals surface area (Å²) in [4.78, 5) is 18.2. The summed E-state index contributed by atoms with van der Waals surface area (Å²) in [6.07, 6.45) is 3.72. The lowest BCUT2D eigenvalue weighted by molar-refractivity contribution is 0.0789. The average molecular weight is 263 g/mol. The van der Waals surface area contributed by atoms with E-state index in [1.807, 2.05) is 19.2 Å². The largest absolute Gasteiger partial charge is 0.370 e. The van der Waals surface area contributed by atoms with Crippen LogP contribution in [0.3, 0.4) is 0 Å². The SMILES string of the molecule is CCCNc1ccc(C(=O)N(C)CCC(C)C)cn1. The Morgan fingerprint density at radius 3 is 2.68 bits per heavy atom. The predicted molar refractivity (Wildman–Crippen MR) is 79.4 cm³/mol. The van der Waals surface area contributed by atoms with Crippen molar-refractivity contribution in [1.82, 2.24) is 9.88 Å². The number of nitrogens with one attached hydrogen (secondary N) is 1. The van der Waals surface area contributed by atoms with Gasteiger partial charge in [0.1, 0.15) is 5.82 Å². The Hall–Kier alpha value is -1.58. The number of hydrogen-bond acceptors (Lipinski definition) is 3. The highest BCUT2D eigenvalue weighted by molar-refractivity contribution is 5.93. The van der Waals surface area contributed by atoms with Gasteiger partial charge in [0, 0.05) is 26.3 Å². The van der Waals surface area contributed by atoms with Gasteiger partial charge in [-0.05, 0) is 30.9 Å². The molecule has 1 heterocycles. The number of aromatic nitrogens is 1. The van der Waals surface area contributed by atoms with Crippen LogP contribution in [-0.2, 0) is 0 Å². The van der Waals surface area contributed by atoms with Crippen LogP contribution >= 0.6 is 0 Å². The van der Waals surface area contributed by atoms with Crippen molar-refractivity contribution < 1.29 is 4.79 Å². The van der Waals surface area contributed by atoms with Crippen LogP contribution in [-0.4, -0.2) is 35.9 Å². The minimum Gasteiger partial charge on any atom is -0.370 e. The molecule has 0 radical (unpaired) electrons. The van der Waals surface area contributed by atoms with E-state index in [1.54, 1.807) is 11.1 Å². The third-order valence-corrected chi connectivity index (χ3v) is 2.96. The summed E-state index contributed by atoms with van der Waals surface area (Å²) in [5.74, 6) is 1.47. The van der Waals surface area contributed by atoms with Crippen molar-refractivity contribution in [3.63, 3.8) is 0 Å². The number of carbonyl (C=O) groups is 1. The van der Waals surface area contributed by atoms with Crippen LogP contribution in [0.15, 0.2) is 18.3 Å². The van der Waals surface area contributed by atoms with Gasteiger partial charge in [-0.1, -0.05) is 20.8 Å². The lowest BCUT2D eigenvalue weighted by Crippen LogP contribution is -2.28. The zero-order valence-corrected chi connectivity index (χ0v) is 12.4. The van der Waals surface area contributed by atoms with Crippen molar-refractivity contribution in [2.75, 3.05) is 25.5 Å². The molecule has 19 heavy (non-hydrogen) atoms. The van der Waals surface area contributed by atoms with Gasteiger partial charge < -0.3 is 10.2 Å². The summed E-state index contributed by atoms with van der Waals surface area (Å²) in [6, 6.07) is 3.69. The lowest BCUT2D eigenvalue weighted by atomic mass is 10.1. The summed E-state index contributed by atoms with van der Waals surface area (Å²) in [7, 11) is 1.84. The Labute approximate surface area is 116 Å². The molecule has 0 bridgehead atoms. The first kappa shape index (κ1) is 15.5. The van der Waals surface area contributed by atoms with Gasteiger partial charge in [0.05, 0.1) is 5.56 Å². The standard InChI is InChI=1S/C15H25N3O/c1-5-9-16-14-7-6-13(11-17-14)15(19)18(4)10-8-12(2)3/h6-7,11-12H,5,8-10H2,1-4H3,(H,16,17). The van der Waals surface area contributed by atoms with Gasteiger partial charge in [-0.3, -0.25) is 4.79 Å². The number of hydrogen-bond donors (Lipinski definition) is 1. The third-order valence-electron chi connectivity index (χ3n) is 2.96. The summed E-state index contributed by atoms with van der Waals surface area (Å²) >= 11 is 0. The van der Waals surface area contributed by atoms with Gasteiger partial charge in [0.25, 0.3) is 5.91 Å². The second-order valence-electron chi connectivity index (χ2n) is 5.27. The minimum atomic E-state index is 0.0372. The molecule has 106 valence electrons. The lowest BCUT2D eigenvalue weighted by Gasteiger charge is -2.18. The first-order valence-corrected chi connectivity index (χ1v) is 7.00. The molecule has 0 unspecified atom stereocenters. The number of rotatable bonds is 7. The van der Waals surface area contributed by atoms with E-state index in [9.17, 15) is 4.79 Å². The van der Waals surface area contributed by atoms with Crippen LogP contribution in [0.4, 0.5) is 5.82 Å². The van der Waals surface area contributed by atoms with Gasteiger partial charge in [-0.2, -0.15) is 0 Å². The summed E-state index contributed by atoms with van der Waals surface area (Å²) in [5, 5.41) is 3.19. The average Bonchev–Trinajstić information content (AvgIpc) is 2.42. The molecule has 1 aromatic rings. The molecule has 4 nitrogen and oxygen atoms in total. The Kier molecular flexibility index (Phi) is 6.33. The van der Waals surface area contributed by atoms with Gasteiger partial charge in [0.15, 0.2) is 0 Å². The van der Waals surface area contributed by atoms with Crippen molar-refractivity contribution in [1.29, 1.82) is 0 Å². The van der Waals surface area contributed by atoms with E-state index in [4.69, 9.17) is 0 Å². The first-order valence-electron chi connectivity index (χ1n) is 7.00. The Morgan fingerprint density at radius 1 is 1.42 bits per heavy atom. The molecular formula is C15H25N3O. The fourth-order valence-corrected chi connectivity index (χ4v) is 1.65. The Balaban J connectivity index is 2.56. The highest BCUT2D eigenvalue weighted by Gasteiger charge is 2.12. The fraction of sp³-hybridized carbons (Fsp3) is 0.600. The zero-order valence-electron chi connectivity index (χ0n) is 12.4. The zero-order chi connectivity index (χ0) is 14.3. The third kappa shape index (κ3) is 5.28. The summed E-state index contributed by atoms with van der Waals surface area (Å²) in [5.41, 5.74) is 0.647. The highest BCUT2D eigenvalue weighted by atomic mass is 16.2. The van der Waals surface area contributed by atoms with E-state index in [2.05, 4.69) is 31.1 Å². The molecule has 0 aliphatic rings. The number of carbonyl (C=O) groups excluding carboxylic acids is 1. The molecule has 0 aliphatic carbocycles. The van der Waals surface area contributed by atoms with E-state index >= 15 is 0 Å². The van der Waals surface area contributed by atoms with Gasteiger partial charge in [0.2, 0.25) is 0 Å². The molecule has 0 saturated heterocycles. The quantitative estimate of drug-likeness (QED) is 0.822. The minimum absolute atomic E-state index is 0.0372. The van der Waals surface area contributed by atoms with E-state index < -0.39 is 0 Å². The van der Waals surface area contributed by atoms with Crippen molar-refractivity contribution in [3.8, 4) is 0 Å². The van der Waals surface area contributed by atoms with Crippen LogP contribution in [0.25, 0.3) is 0 Å². The second kappa shape index (κ2) is 7.77. The molecular weight excluding hydrogens is 238 g/mol. The predicted octanol–water partition coefficient (Wildman–Crippen LogP) is 3.02. The molecule has 1 amide bonds. The molecule has 0 saturated carbocycles. The molecule has 0 spiro atoms. The Morgan fingerprint density at radius 2 is 2.16 bits per heavy atom. The van der Waals surface area contributed by atoms with E-state index in [1.165, 1.54) is 0 Å². The number of nitrogens with zero attached hydrogens (tertiary/aromatic N) is 2. The topological polar surface area (TPSA) is 45.2 Å². The number of amides is 1. The first-order chi connectivity index (χ1) is 9.04. The van der Waals surface area contributed by atoms with E-state index in [0.717, 1.165) is 31.7 Å². The van der Waals surface area contributed by atoms with E-state index in [-0.39, 0.29) is 5.91 Å². The molecule has 0 atom stereocenters. The smallest absolute Gasteiger partial charge is 0.255 e. The summed E-state index contributed by atoms with van der Waals surface area (Å²) < 4.78 is 0. The van der Waals surface area contributed by atoms with Crippen molar-refractivity contribution in [3.05, 3.63) is 23.9 Å². The molecule has 0 aromatic carbocycles. The molecule has 1 N–H and O–H groups in total. The highest BCUT2D eigenvalue weighted by Crippen LogP contribution is 2.09. The van der Waals surface area contributed by atoms with Gasteiger partial charge >= 0.3 is 0 Å². The maximum Gasteiger partial charge on any atom is 0.255 e. The monoisotopic (exact) mass is 263 g/mol. The number of anilines is 1. The van der Waals surface area contributed by atoms with Crippen LogP contribution < -0.4 is 5.32 Å².